The number of hydrogen-bond donors (Lipinski definition) is 0. The summed E-state index contributed by atoms with van der Waals surface area (Å²) in [7, 11) is 0. The molecular weight excluding hydrogens is 369 g/mol. The predicted molar refractivity (Wildman–Crippen MR) is 102 cm³/mol. The highest BCUT2D eigenvalue weighted by Crippen LogP contribution is 2.20. The minimum Gasteiger partial charge on any atom is -0.349 e. The van der Waals surface area contributed by atoms with E-state index in [9.17, 15) is 9.18 Å². The van der Waals surface area contributed by atoms with Crippen LogP contribution < -0.4 is 4.90 Å². The van der Waals surface area contributed by atoms with Crippen LogP contribution in [0.3, 0.4) is 0 Å². The number of hydrogen-bond acceptors (Lipinski definition) is 5. The van der Waals surface area contributed by atoms with Crippen LogP contribution >= 0.6 is 11.6 Å². The number of nitrogens with zero attached hydrogens (tertiary/aromatic N) is 5. The summed E-state index contributed by atoms with van der Waals surface area (Å²) in [6, 6.07) is 5.05. The maximum absolute atomic E-state index is 14.1. The van der Waals surface area contributed by atoms with Gasteiger partial charge < -0.3 is 9.80 Å². The molecule has 1 saturated heterocycles. The van der Waals surface area contributed by atoms with Gasteiger partial charge >= 0.3 is 0 Å². The minimum atomic E-state index is -0.352. The molecule has 0 spiro atoms. The van der Waals surface area contributed by atoms with E-state index in [1.54, 1.807) is 17.2 Å². The molecule has 0 N–H and O–H groups in total. The Morgan fingerprint density at radius 1 is 1.33 bits per heavy atom. The lowest BCUT2D eigenvalue weighted by Crippen LogP contribution is -2.54. The Balaban J connectivity index is 1.62. The van der Waals surface area contributed by atoms with Crippen molar-refractivity contribution in [2.45, 2.75) is 39.2 Å². The van der Waals surface area contributed by atoms with Gasteiger partial charge in [-0.1, -0.05) is 25.4 Å². The molecule has 27 heavy (non-hydrogen) atoms. The highest BCUT2D eigenvalue weighted by atomic mass is 35.5. The van der Waals surface area contributed by atoms with Crippen molar-refractivity contribution in [3.05, 3.63) is 46.6 Å². The molecule has 0 bridgehead atoms. The minimum absolute atomic E-state index is 0.0136. The molecule has 1 aliphatic rings. The fourth-order valence-corrected chi connectivity index (χ4v) is 3.38. The largest absolute Gasteiger partial charge is 0.349 e. The third kappa shape index (κ3) is 4.53. The average Bonchev–Trinajstić information content (AvgIpc) is 2.62. The van der Waals surface area contributed by atoms with Crippen LogP contribution in [0.4, 0.5) is 10.2 Å². The van der Waals surface area contributed by atoms with Crippen molar-refractivity contribution >= 4 is 23.3 Å². The topological polar surface area (TPSA) is 62.2 Å². The lowest BCUT2D eigenvalue weighted by atomic mass is 10.1. The summed E-state index contributed by atoms with van der Waals surface area (Å²) in [5, 5.41) is 8.34. The third-order valence-electron chi connectivity index (χ3n) is 4.72. The molecule has 0 aliphatic carbocycles. The number of amides is 1. The van der Waals surface area contributed by atoms with Crippen LogP contribution in [0, 0.1) is 5.82 Å². The number of aromatic nitrogens is 3. The molecule has 0 radical (unpaired) electrons. The van der Waals surface area contributed by atoms with Crippen LogP contribution in [0.1, 0.15) is 37.9 Å². The SMILES string of the molecule is CC(C)c1ncc(CC(=O)N2CCN(c3ccc(Cl)nn3)[C@@H](C)C2)cc1F. The van der Waals surface area contributed by atoms with Crippen LogP contribution in [0.15, 0.2) is 24.4 Å². The Kier molecular flexibility index (Phi) is 5.89. The van der Waals surface area contributed by atoms with Gasteiger partial charge in [-0.2, -0.15) is 0 Å². The standard InChI is InChI=1S/C19H23ClFN5O/c1-12(2)19-15(21)8-14(10-22-19)9-18(27)25-6-7-26(13(3)11-25)17-5-4-16(20)23-24-17/h4-5,8,10,12-13H,6-7,9,11H2,1-3H3/t13-/m0/s1. The zero-order chi connectivity index (χ0) is 19.6. The number of piperazine rings is 1. The fourth-order valence-electron chi connectivity index (χ4n) is 3.28. The molecule has 1 aliphatic heterocycles. The smallest absolute Gasteiger partial charge is 0.227 e. The maximum Gasteiger partial charge on any atom is 0.227 e. The monoisotopic (exact) mass is 391 g/mol. The highest BCUT2D eigenvalue weighted by molar-refractivity contribution is 6.29. The van der Waals surface area contributed by atoms with Crippen LogP contribution in [0.5, 0.6) is 0 Å². The van der Waals surface area contributed by atoms with Crippen LogP contribution in [0.2, 0.25) is 5.15 Å². The third-order valence-corrected chi connectivity index (χ3v) is 4.92. The van der Waals surface area contributed by atoms with E-state index >= 15 is 0 Å². The van der Waals surface area contributed by atoms with E-state index in [1.165, 1.54) is 6.07 Å². The molecule has 8 heteroatoms. The lowest BCUT2D eigenvalue weighted by molar-refractivity contribution is -0.131. The molecule has 3 heterocycles. The number of rotatable bonds is 4. The van der Waals surface area contributed by atoms with E-state index in [1.807, 2.05) is 26.8 Å². The molecule has 1 atom stereocenters. The van der Waals surface area contributed by atoms with Crippen molar-refractivity contribution in [2.24, 2.45) is 0 Å². The summed E-state index contributed by atoms with van der Waals surface area (Å²) in [4.78, 5) is 20.7. The molecule has 6 nitrogen and oxygen atoms in total. The van der Waals surface area contributed by atoms with Gasteiger partial charge in [0.2, 0.25) is 5.91 Å². The first-order valence-electron chi connectivity index (χ1n) is 9.03. The number of anilines is 1. The van der Waals surface area contributed by atoms with Gasteiger partial charge in [0, 0.05) is 31.9 Å². The number of carbonyl (C=O) groups excluding carboxylic acids is 1. The second-order valence-corrected chi connectivity index (χ2v) is 7.53. The molecule has 2 aromatic heterocycles. The molecule has 0 aromatic carbocycles. The maximum atomic E-state index is 14.1. The van der Waals surface area contributed by atoms with Gasteiger partial charge in [-0.05, 0) is 36.6 Å². The fraction of sp³-hybridized carbons (Fsp3) is 0.474. The Labute approximate surface area is 163 Å². The van der Waals surface area contributed by atoms with Crippen molar-refractivity contribution in [1.82, 2.24) is 20.1 Å². The van der Waals surface area contributed by atoms with Crippen molar-refractivity contribution in [2.75, 3.05) is 24.5 Å². The Morgan fingerprint density at radius 2 is 2.11 bits per heavy atom. The molecule has 2 aromatic rings. The van der Waals surface area contributed by atoms with Gasteiger partial charge in [0.1, 0.15) is 5.82 Å². The van der Waals surface area contributed by atoms with Gasteiger partial charge in [-0.3, -0.25) is 9.78 Å². The summed E-state index contributed by atoms with van der Waals surface area (Å²) < 4.78 is 14.1. The van der Waals surface area contributed by atoms with E-state index in [2.05, 4.69) is 20.1 Å². The number of pyridine rings is 1. The quantitative estimate of drug-likeness (QED) is 0.801. The molecule has 0 saturated carbocycles. The van der Waals surface area contributed by atoms with Crippen LogP contribution in [-0.2, 0) is 11.2 Å². The highest BCUT2D eigenvalue weighted by Gasteiger charge is 2.28. The van der Waals surface area contributed by atoms with Crippen LogP contribution in [0.25, 0.3) is 0 Å². The Morgan fingerprint density at radius 3 is 2.70 bits per heavy atom. The second kappa shape index (κ2) is 8.17. The van der Waals surface area contributed by atoms with Crippen LogP contribution in [-0.4, -0.2) is 51.7 Å². The van der Waals surface area contributed by atoms with Crippen molar-refractivity contribution in [1.29, 1.82) is 0 Å². The lowest BCUT2D eigenvalue weighted by Gasteiger charge is -2.40. The summed E-state index contributed by atoms with van der Waals surface area (Å²) in [6.45, 7) is 7.62. The Hall–Kier alpha value is -2.28. The molecule has 144 valence electrons. The van der Waals surface area contributed by atoms with E-state index < -0.39 is 0 Å². The van der Waals surface area contributed by atoms with E-state index in [0.29, 0.717) is 36.0 Å². The normalized spacial score (nSPS) is 17.5. The van der Waals surface area contributed by atoms with E-state index in [4.69, 9.17) is 11.6 Å². The van der Waals surface area contributed by atoms with E-state index in [-0.39, 0.29) is 30.1 Å². The number of carbonyl (C=O) groups is 1. The Bertz CT molecular complexity index is 814. The van der Waals surface area contributed by atoms with Gasteiger partial charge in [0.15, 0.2) is 11.0 Å². The summed E-state index contributed by atoms with van der Waals surface area (Å²) in [6.07, 6.45) is 1.75. The summed E-state index contributed by atoms with van der Waals surface area (Å²) >= 11 is 5.79. The molecule has 1 amide bonds. The summed E-state index contributed by atoms with van der Waals surface area (Å²) in [5.74, 6) is 0.381. The first-order valence-corrected chi connectivity index (χ1v) is 9.41. The predicted octanol–water partition coefficient (Wildman–Crippen LogP) is 3.07. The van der Waals surface area contributed by atoms with Crippen molar-refractivity contribution < 1.29 is 9.18 Å². The molecule has 0 unspecified atom stereocenters. The van der Waals surface area contributed by atoms with Gasteiger partial charge in [-0.15, -0.1) is 10.2 Å². The average molecular weight is 392 g/mol. The first-order chi connectivity index (χ1) is 12.8. The second-order valence-electron chi connectivity index (χ2n) is 7.14. The first kappa shape index (κ1) is 19.5. The summed E-state index contributed by atoms with van der Waals surface area (Å²) in [5.41, 5.74) is 1.03. The molecule has 3 rings (SSSR count). The van der Waals surface area contributed by atoms with Crippen molar-refractivity contribution in [3.63, 3.8) is 0 Å². The van der Waals surface area contributed by atoms with Crippen molar-refractivity contribution in [3.8, 4) is 0 Å². The number of halogens is 2. The zero-order valence-corrected chi connectivity index (χ0v) is 16.4. The molecule has 1 fully saturated rings. The van der Waals surface area contributed by atoms with Gasteiger partial charge in [0.05, 0.1) is 12.1 Å². The zero-order valence-electron chi connectivity index (χ0n) is 15.7. The van der Waals surface area contributed by atoms with Gasteiger partial charge in [-0.25, -0.2) is 4.39 Å². The molecular formula is C19H23ClFN5O. The van der Waals surface area contributed by atoms with Gasteiger partial charge in [0.25, 0.3) is 0 Å². The van der Waals surface area contributed by atoms with E-state index in [0.717, 1.165) is 5.82 Å².